The molecule has 0 saturated carbocycles. The van der Waals surface area contributed by atoms with Crippen LogP contribution in [-0.2, 0) is 19.9 Å². The van der Waals surface area contributed by atoms with E-state index in [-0.39, 0.29) is 128 Å². The molecule has 0 aliphatic carbocycles. The van der Waals surface area contributed by atoms with E-state index in [1.807, 2.05) is 0 Å². The van der Waals surface area contributed by atoms with E-state index in [4.69, 9.17) is 58.9 Å². The molecule has 10 atom stereocenters. The van der Waals surface area contributed by atoms with Gasteiger partial charge < -0.3 is 86.6 Å². The molecule has 0 bridgehead atoms. The first-order valence-electron chi connectivity index (χ1n) is 7.97. The van der Waals surface area contributed by atoms with E-state index in [1.165, 1.54) is 0 Å². The molecule has 33 heavy (non-hydrogen) atoms. The van der Waals surface area contributed by atoms with E-state index >= 15 is 0 Å². The SMILES string of the molecule is N[C@H]1C(O)O[C@H](CO)[C@@H](O)[C@@H]1O.N[C@H]1C(O)O[C@H](CO)[C@@H](O)[C@@H]1O.O=S(=O)(O)O.[Cl-].[Cl-].[K+].[K+]. The summed E-state index contributed by atoms with van der Waals surface area (Å²) >= 11 is 0. The van der Waals surface area contributed by atoms with Gasteiger partial charge in [0.15, 0.2) is 12.6 Å². The number of aliphatic hydroxyl groups is 8. The van der Waals surface area contributed by atoms with Gasteiger partial charge in [-0.05, 0) is 0 Å². The van der Waals surface area contributed by atoms with Gasteiger partial charge in [0, 0.05) is 0 Å². The van der Waals surface area contributed by atoms with Crippen molar-refractivity contribution in [1.29, 1.82) is 0 Å². The molecule has 2 heterocycles. The summed E-state index contributed by atoms with van der Waals surface area (Å²) in [6, 6.07) is -2.08. The van der Waals surface area contributed by atoms with Gasteiger partial charge in [-0.15, -0.1) is 0 Å². The van der Waals surface area contributed by atoms with Crippen molar-refractivity contribution in [3.05, 3.63) is 0 Å². The summed E-state index contributed by atoms with van der Waals surface area (Å²) in [7, 11) is -4.67. The molecule has 0 radical (unpaired) electrons. The van der Waals surface area contributed by atoms with Crippen LogP contribution in [0, 0.1) is 0 Å². The maximum Gasteiger partial charge on any atom is 1.00 e. The topological polar surface area (TPSA) is 307 Å². The standard InChI is InChI=1S/2C6H13NO5.2ClH.2K.H2O4S/c2*7-3-5(10)4(9)2(1-8)12-6(3)11;;;;;1-5(2,3)4/h2*2-6,8-11H,1,7H2;2*1H;;;(H2,1,2,3,4)/q;;;;2*+1;/p-2/t2*2-,3-,4-,5-,6?;;;;;/m11...../s1. The molecular formula is C12H28Cl2K2N2O14S. The Bertz CT molecular complexity index is 537. The summed E-state index contributed by atoms with van der Waals surface area (Å²) in [6.45, 7) is -0.940. The number of ether oxygens (including phenoxy) is 2. The minimum absolute atomic E-state index is 0. The second kappa shape index (κ2) is 22.1. The quantitative estimate of drug-likeness (QED) is 0.103. The largest absolute Gasteiger partial charge is 1.00 e. The average Bonchev–Trinajstić information content (AvgIpc) is 2.63. The van der Waals surface area contributed by atoms with Gasteiger partial charge in [0.05, 0.1) is 25.3 Å². The Hall–Kier alpha value is 3.24. The van der Waals surface area contributed by atoms with Gasteiger partial charge in [-0.3, -0.25) is 9.11 Å². The molecule has 0 aromatic carbocycles. The normalized spacial score (nSPS) is 37.6. The van der Waals surface area contributed by atoms with Crippen molar-refractivity contribution in [3.8, 4) is 0 Å². The Balaban J connectivity index is -0.000000120. The van der Waals surface area contributed by atoms with Gasteiger partial charge in [0.1, 0.15) is 36.6 Å². The molecule has 0 aromatic rings. The molecule has 2 aliphatic rings. The Kier molecular flexibility index (Phi) is 30.9. The van der Waals surface area contributed by atoms with Crippen LogP contribution in [0.5, 0.6) is 0 Å². The van der Waals surface area contributed by atoms with Crippen LogP contribution in [0.3, 0.4) is 0 Å². The second-order valence-electron chi connectivity index (χ2n) is 6.06. The molecule has 2 rings (SSSR count). The second-order valence-corrected chi connectivity index (χ2v) is 6.96. The van der Waals surface area contributed by atoms with E-state index < -0.39 is 84.9 Å². The molecule has 21 heteroatoms. The molecule has 0 amide bonds. The van der Waals surface area contributed by atoms with Crippen LogP contribution in [0.4, 0.5) is 0 Å². The molecule has 2 unspecified atom stereocenters. The number of aliphatic hydroxyl groups excluding tert-OH is 8. The zero-order valence-electron chi connectivity index (χ0n) is 17.6. The van der Waals surface area contributed by atoms with Crippen molar-refractivity contribution in [2.45, 2.75) is 61.3 Å². The summed E-state index contributed by atoms with van der Waals surface area (Å²) in [5, 5.41) is 72.1. The smallest absolute Gasteiger partial charge is 1.00 e. The third-order valence-corrected chi connectivity index (χ3v) is 3.90. The van der Waals surface area contributed by atoms with Crippen LogP contribution in [0.2, 0.25) is 0 Å². The summed E-state index contributed by atoms with van der Waals surface area (Å²) < 4.78 is 41.0. The monoisotopic (exact) mass is 604 g/mol. The van der Waals surface area contributed by atoms with Crippen molar-refractivity contribution in [3.63, 3.8) is 0 Å². The molecule has 2 fully saturated rings. The Morgan fingerprint density at radius 3 is 1.03 bits per heavy atom. The van der Waals surface area contributed by atoms with Gasteiger partial charge in [-0.2, -0.15) is 8.42 Å². The van der Waals surface area contributed by atoms with Crippen molar-refractivity contribution in [2.75, 3.05) is 13.2 Å². The van der Waals surface area contributed by atoms with Gasteiger partial charge in [0.2, 0.25) is 0 Å². The number of rotatable bonds is 2. The van der Waals surface area contributed by atoms with Crippen LogP contribution in [0.15, 0.2) is 0 Å². The first-order valence-corrected chi connectivity index (χ1v) is 9.37. The van der Waals surface area contributed by atoms with Crippen molar-refractivity contribution >= 4 is 10.4 Å². The van der Waals surface area contributed by atoms with Crippen molar-refractivity contribution < 1.29 is 195 Å². The van der Waals surface area contributed by atoms with E-state index in [9.17, 15) is 20.4 Å². The van der Waals surface area contributed by atoms with Crippen molar-refractivity contribution in [1.82, 2.24) is 0 Å². The van der Waals surface area contributed by atoms with Crippen LogP contribution in [0.25, 0.3) is 0 Å². The number of hydrogen-bond donors (Lipinski definition) is 12. The number of halogens is 2. The Morgan fingerprint density at radius 2 is 0.848 bits per heavy atom. The van der Waals surface area contributed by atoms with Gasteiger partial charge in [0.25, 0.3) is 0 Å². The molecule has 0 spiro atoms. The van der Waals surface area contributed by atoms with E-state index in [2.05, 4.69) is 0 Å². The maximum atomic E-state index is 9.20. The summed E-state index contributed by atoms with van der Waals surface area (Å²) in [5.41, 5.74) is 10.5. The van der Waals surface area contributed by atoms with E-state index in [0.717, 1.165) is 0 Å². The number of nitrogens with two attached hydrogens (primary N) is 2. The Labute approximate surface area is 287 Å². The first kappa shape index (κ1) is 46.1. The summed E-state index contributed by atoms with van der Waals surface area (Å²) in [5.74, 6) is 0. The summed E-state index contributed by atoms with van der Waals surface area (Å²) in [6.07, 6.45) is -9.70. The van der Waals surface area contributed by atoms with Crippen LogP contribution >= 0.6 is 0 Å². The predicted octanol–water partition coefficient (Wildman–Crippen LogP) is -19.1. The van der Waals surface area contributed by atoms with E-state index in [1.54, 1.807) is 0 Å². The van der Waals surface area contributed by atoms with Crippen LogP contribution in [-0.4, -0.2) is 133 Å². The molecule has 2 aliphatic heterocycles. The van der Waals surface area contributed by atoms with Gasteiger partial charge in [-0.1, -0.05) is 0 Å². The van der Waals surface area contributed by atoms with Crippen LogP contribution in [0.1, 0.15) is 0 Å². The van der Waals surface area contributed by atoms with Gasteiger partial charge in [-0.25, -0.2) is 0 Å². The zero-order valence-corrected chi connectivity index (χ0v) is 26.2. The minimum atomic E-state index is -4.67. The van der Waals surface area contributed by atoms with Crippen molar-refractivity contribution in [2.24, 2.45) is 11.5 Å². The maximum absolute atomic E-state index is 9.20. The molecule has 0 aromatic heterocycles. The van der Waals surface area contributed by atoms with Gasteiger partial charge >= 0.3 is 113 Å². The zero-order chi connectivity index (χ0) is 23.1. The van der Waals surface area contributed by atoms with E-state index in [0.29, 0.717) is 0 Å². The molecule has 16 nitrogen and oxygen atoms in total. The molecule has 192 valence electrons. The molecule has 2 saturated heterocycles. The summed E-state index contributed by atoms with van der Waals surface area (Å²) in [4.78, 5) is 0. The third-order valence-electron chi connectivity index (χ3n) is 3.90. The minimum Gasteiger partial charge on any atom is -1.00 e. The fourth-order valence-electron chi connectivity index (χ4n) is 2.24. The molecular weight excluding hydrogens is 577 g/mol. The Morgan fingerprint density at radius 1 is 0.636 bits per heavy atom. The average molecular weight is 606 g/mol. The first-order chi connectivity index (χ1) is 13.1. The molecule has 14 N–H and O–H groups in total. The fourth-order valence-corrected chi connectivity index (χ4v) is 2.24. The third kappa shape index (κ3) is 17.4. The predicted molar refractivity (Wildman–Crippen MR) is 90.1 cm³/mol. The fraction of sp³-hybridized carbons (Fsp3) is 1.00. The van der Waals surface area contributed by atoms with Crippen LogP contribution < -0.4 is 139 Å². The number of hydrogen-bond acceptors (Lipinski definition) is 14.